The summed E-state index contributed by atoms with van der Waals surface area (Å²) in [5.74, 6) is 0.556. The van der Waals surface area contributed by atoms with Crippen LogP contribution < -0.4 is 15.4 Å². The van der Waals surface area contributed by atoms with Crippen LogP contribution in [0, 0.1) is 0 Å². The van der Waals surface area contributed by atoms with E-state index in [1.165, 1.54) is 19.3 Å². The zero-order chi connectivity index (χ0) is 27.6. The Hall–Kier alpha value is -2.48. The number of unbranched alkanes of at least 4 members (excludes halogenated alkanes) is 2. The highest BCUT2D eigenvalue weighted by Crippen LogP contribution is 2.39. The van der Waals surface area contributed by atoms with Gasteiger partial charge in [0, 0.05) is 25.6 Å². The van der Waals surface area contributed by atoms with Gasteiger partial charge >= 0.3 is 0 Å². The zero-order valence-corrected chi connectivity index (χ0v) is 24.0. The van der Waals surface area contributed by atoms with Crippen LogP contribution in [0.4, 0.5) is 5.69 Å². The second-order valence-corrected chi connectivity index (χ2v) is 11.2. The minimum absolute atomic E-state index is 0.0196. The number of anilines is 1. The Labute approximate surface area is 241 Å². The number of nitrogens with one attached hydrogen (secondary N) is 2. The van der Waals surface area contributed by atoms with Crippen molar-refractivity contribution in [2.24, 2.45) is 0 Å². The Morgan fingerprint density at radius 1 is 1.03 bits per heavy atom. The van der Waals surface area contributed by atoms with E-state index in [0.717, 1.165) is 69.2 Å². The summed E-state index contributed by atoms with van der Waals surface area (Å²) in [5.41, 5.74) is 2.35. The summed E-state index contributed by atoms with van der Waals surface area (Å²) >= 11 is 12.4. The van der Waals surface area contributed by atoms with Gasteiger partial charge in [-0.25, -0.2) is 0 Å². The fraction of sp³-hybridized carbons (Fsp3) is 0.533. The molecule has 2 aliphatic rings. The fourth-order valence-corrected chi connectivity index (χ4v) is 5.93. The number of hydrogen-bond donors (Lipinski definition) is 3. The number of rotatable bonds is 13. The Morgan fingerprint density at radius 2 is 1.85 bits per heavy atom. The molecule has 0 spiro atoms. The SMILES string of the molecule is O=C1COc2c(CCCCCN(C(=O)CCNCCc3cccc(Cl)c3Cl)C3CCCCC3)ccc(O)c2N1. The number of benzene rings is 2. The van der Waals surface area contributed by atoms with Crippen molar-refractivity contribution in [3.05, 3.63) is 51.5 Å². The van der Waals surface area contributed by atoms with E-state index in [2.05, 4.69) is 15.5 Å². The van der Waals surface area contributed by atoms with E-state index in [9.17, 15) is 14.7 Å². The standard InChI is InChI=1S/C30H39Cl2N3O4/c31-24-12-7-9-21(28(24)32)15-17-33-18-16-27(38)35(23-10-4-1-5-11-23)19-6-2-3-8-22-13-14-25(36)29-30(22)39-20-26(37)34-29/h7,9,12-14,23,33,36H,1-6,8,10-11,15-20H2,(H,34,37). The Morgan fingerprint density at radius 3 is 2.67 bits per heavy atom. The second-order valence-electron chi connectivity index (χ2n) is 10.4. The lowest BCUT2D eigenvalue weighted by Gasteiger charge is -2.34. The van der Waals surface area contributed by atoms with Crippen LogP contribution in [0.3, 0.4) is 0 Å². The monoisotopic (exact) mass is 575 g/mol. The minimum atomic E-state index is -0.261. The van der Waals surface area contributed by atoms with E-state index in [0.29, 0.717) is 40.5 Å². The molecular formula is C30H39Cl2N3O4. The molecule has 0 radical (unpaired) electrons. The van der Waals surface area contributed by atoms with Crippen LogP contribution in [0.25, 0.3) is 0 Å². The number of halogens is 2. The smallest absolute Gasteiger partial charge is 0.262 e. The van der Waals surface area contributed by atoms with Crippen molar-refractivity contribution in [1.29, 1.82) is 0 Å². The lowest BCUT2D eigenvalue weighted by molar-refractivity contribution is -0.134. The van der Waals surface area contributed by atoms with E-state index < -0.39 is 0 Å². The first-order valence-corrected chi connectivity index (χ1v) is 14.9. The highest BCUT2D eigenvalue weighted by molar-refractivity contribution is 6.42. The topological polar surface area (TPSA) is 90.9 Å². The number of phenolic OH excluding ortho intramolecular Hbond substituents is 1. The molecule has 2 aromatic rings. The van der Waals surface area contributed by atoms with Gasteiger partial charge in [-0.2, -0.15) is 0 Å². The average molecular weight is 577 g/mol. The molecule has 3 N–H and O–H groups in total. The third kappa shape index (κ3) is 8.26. The van der Waals surface area contributed by atoms with Crippen LogP contribution >= 0.6 is 23.2 Å². The maximum absolute atomic E-state index is 13.3. The summed E-state index contributed by atoms with van der Waals surface area (Å²) in [5, 5.41) is 17.3. The van der Waals surface area contributed by atoms with Gasteiger partial charge in [0.25, 0.3) is 5.91 Å². The first kappa shape index (κ1) is 29.5. The molecule has 9 heteroatoms. The van der Waals surface area contributed by atoms with E-state index in [1.54, 1.807) is 12.1 Å². The van der Waals surface area contributed by atoms with E-state index in [4.69, 9.17) is 27.9 Å². The number of carbonyl (C=O) groups excluding carboxylic acids is 2. The number of amides is 2. The van der Waals surface area contributed by atoms with Crippen molar-refractivity contribution in [3.8, 4) is 11.5 Å². The third-order valence-corrected chi connectivity index (χ3v) is 8.49. The lowest BCUT2D eigenvalue weighted by atomic mass is 9.93. The summed E-state index contributed by atoms with van der Waals surface area (Å²) in [6.45, 7) is 2.13. The fourth-order valence-electron chi connectivity index (χ4n) is 5.52. The van der Waals surface area contributed by atoms with Gasteiger partial charge < -0.3 is 25.4 Å². The normalized spacial score (nSPS) is 15.4. The van der Waals surface area contributed by atoms with Crippen molar-refractivity contribution in [1.82, 2.24) is 10.2 Å². The molecule has 1 fully saturated rings. The maximum Gasteiger partial charge on any atom is 0.262 e. The molecule has 0 aromatic heterocycles. The molecule has 1 aliphatic carbocycles. The van der Waals surface area contributed by atoms with Gasteiger partial charge in [0.05, 0.1) is 10.0 Å². The Bertz CT molecular complexity index is 1140. The zero-order valence-electron chi connectivity index (χ0n) is 22.4. The van der Waals surface area contributed by atoms with Crippen LogP contribution in [0.1, 0.15) is 68.9 Å². The quantitative estimate of drug-likeness (QED) is 0.197. The predicted molar refractivity (Wildman–Crippen MR) is 156 cm³/mol. The highest BCUT2D eigenvalue weighted by Gasteiger charge is 2.25. The number of aryl methyl sites for hydroxylation is 1. The Kier molecular flexibility index (Phi) is 11.2. The molecule has 7 nitrogen and oxygen atoms in total. The van der Waals surface area contributed by atoms with Gasteiger partial charge in [-0.15, -0.1) is 0 Å². The number of fused-ring (bicyclic) bond motifs is 1. The molecule has 0 saturated heterocycles. The molecule has 0 atom stereocenters. The van der Waals surface area contributed by atoms with Gasteiger partial charge in [-0.1, -0.05) is 67.1 Å². The van der Waals surface area contributed by atoms with E-state index in [-0.39, 0.29) is 24.2 Å². The molecule has 0 bridgehead atoms. The molecule has 39 heavy (non-hydrogen) atoms. The van der Waals surface area contributed by atoms with Crippen LogP contribution in [-0.4, -0.2) is 54.1 Å². The van der Waals surface area contributed by atoms with Crippen LogP contribution in [0.15, 0.2) is 30.3 Å². The van der Waals surface area contributed by atoms with Crippen LogP contribution in [-0.2, 0) is 22.4 Å². The molecule has 0 unspecified atom stereocenters. The molecular weight excluding hydrogens is 537 g/mol. The number of phenols is 1. The first-order chi connectivity index (χ1) is 18.9. The lowest BCUT2D eigenvalue weighted by Crippen LogP contribution is -2.43. The number of aromatic hydroxyl groups is 1. The van der Waals surface area contributed by atoms with Gasteiger partial charge in [-0.3, -0.25) is 9.59 Å². The van der Waals surface area contributed by atoms with Crippen LogP contribution in [0.2, 0.25) is 10.0 Å². The number of ether oxygens (including phenoxy) is 1. The average Bonchev–Trinajstić information content (AvgIpc) is 2.94. The molecule has 2 amide bonds. The molecule has 212 valence electrons. The molecule has 1 saturated carbocycles. The van der Waals surface area contributed by atoms with Crippen molar-refractivity contribution in [2.75, 3.05) is 31.6 Å². The summed E-state index contributed by atoms with van der Waals surface area (Å²) in [6.07, 6.45) is 10.7. The van der Waals surface area contributed by atoms with Crippen molar-refractivity contribution in [2.45, 2.75) is 76.7 Å². The van der Waals surface area contributed by atoms with Crippen LogP contribution in [0.5, 0.6) is 11.5 Å². The highest BCUT2D eigenvalue weighted by atomic mass is 35.5. The molecule has 1 heterocycles. The van der Waals surface area contributed by atoms with Crippen molar-refractivity contribution in [3.63, 3.8) is 0 Å². The Balaban J connectivity index is 1.22. The number of nitrogens with zero attached hydrogens (tertiary/aromatic N) is 1. The summed E-state index contributed by atoms with van der Waals surface area (Å²) in [6, 6.07) is 9.47. The van der Waals surface area contributed by atoms with Gasteiger partial charge in [0.1, 0.15) is 11.4 Å². The summed E-state index contributed by atoms with van der Waals surface area (Å²) in [4.78, 5) is 27.0. The third-order valence-electron chi connectivity index (χ3n) is 7.63. The summed E-state index contributed by atoms with van der Waals surface area (Å²) in [7, 11) is 0. The number of carbonyl (C=O) groups is 2. The summed E-state index contributed by atoms with van der Waals surface area (Å²) < 4.78 is 5.60. The maximum atomic E-state index is 13.3. The van der Waals surface area contributed by atoms with E-state index >= 15 is 0 Å². The molecule has 2 aromatic carbocycles. The largest absolute Gasteiger partial charge is 0.506 e. The second kappa shape index (κ2) is 14.8. The van der Waals surface area contributed by atoms with Crippen molar-refractivity contribution < 1.29 is 19.4 Å². The number of hydrogen-bond acceptors (Lipinski definition) is 5. The molecule has 1 aliphatic heterocycles. The van der Waals surface area contributed by atoms with Gasteiger partial charge in [-0.05, 0) is 68.3 Å². The predicted octanol–water partition coefficient (Wildman–Crippen LogP) is 6.13. The van der Waals surface area contributed by atoms with E-state index in [1.807, 2.05) is 18.2 Å². The first-order valence-electron chi connectivity index (χ1n) is 14.1. The van der Waals surface area contributed by atoms with Gasteiger partial charge in [0.2, 0.25) is 5.91 Å². The van der Waals surface area contributed by atoms with Crippen molar-refractivity contribution >= 4 is 40.7 Å². The molecule has 4 rings (SSSR count). The minimum Gasteiger partial charge on any atom is -0.506 e. The van der Waals surface area contributed by atoms with Gasteiger partial charge in [0.15, 0.2) is 12.4 Å².